The fourth-order valence-corrected chi connectivity index (χ4v) is 3.71. The Kier molecular flexibility index (Phi) is 4.43. The van der Waals surface area contributed by atoms with Gasteiger partial charge < -0.3 is 9.88 Å². The van der Waals surface area contributed by atoms with Crippen LogP contribution in [0, 0.1) is 11.7 Å². The summed E-state index contributed by atoms with van der Waals surface area (Å²) in [6, 6.07) is 15.4. The zero-order chi connectivity index (χ0) is 17.2. The minimum atomic E-state index is -0.200. The Labute approximate surface area is 147 Å². The molecule has 1 fully saturated rings. The lowest BCUT2D eigenvalue weighted by atomic mass is 9.87. The summed E-state index contributed by atoms with van der Waals surface area (Å²) in [5.41, 5.74) is 3.18. The zero-order valence-corrected chi connectivity index (χ0v) is 14.6. The van der Waals surface area contributed by atoms with E-state index in [1.54, 1.807) is 0 Å². The average molecular weight is 337 g/mol. The van der Waals surface area contributed by atoms with Crippen molar-refractivity contribution >= 4 is 17.0 Å². The molecule has 130 valence electrons. The van der Waals surface area contributed by atoms with Crippen LogP contribution in [0.5, 0.6) is 0 Å². The van der Waals surface area contributed by atoms with Gasteiger partial charge in [0.05, 0.1) is 17.6 Å². The van der Waals surface area contributed by atoms with E-state index >= 15 is 0 Å². The van der Waals surface area contributed by atoms with Crippen LogP contribution in [0.1, 0.15) is 38.2 Å². The summed E-state index contributed by atoms with van der Waals surface area (Å²) >= 11 is 0. The van der Waals surface area contributed by atoms with Crippen LogP contribution in [-0.4, -0.2) is 15.6 Å². The van der Waals surface area contributed by atoms with Crippen molar-refractivity contribution in [3.8, 4) is 0 Å². The lowest BCUT2D eigenvalue weighted by Crippen LogP contribution is -2.26. The van der Waals surface area contributed by atoms with Crippen molar-refractivity contribution in [2.75, 3.05) is 5.32 Å². The molecule has 0 aliphatic heterocycles. The molecule has 1 saturated carbocycles. The molecule has 0 spiro atoms. The van der Waals surface area contributed by atoms with E-state index in [0.29, 0.717) is 12.6 Å². The van der Waals surface area contributed by atoms with E-state index in [1.807, 2.05) is 30.3 Å². The molecule has 0 unspecified atom stereocenters. The highest BCUT2D eigenvalue weighted by molar-refractivity contribution is 5.78. The number of nitrogens with one attached hydrogen (secondary N) is 1. The molecule has 0 radical (unpaired) electrons. The monoisotopic (exact) mass is 337 g/mol. The highest BCUT2D eigenvalue weighted by Crippen LogP contribution is 2.28. The minimum absolute atomic E-state index is 0.200. The molecule has 25 heavy (non-hydrogen) atoms. The number of nitrogens with zero attached hydrogens (tertiary/aromatic N) is 2. The third-order valence-corrected chi connectivity index (χ3v) is 5.26. The fraction of sp³-hybridized carbons (Fsp3) is 0.381. The standard InChI is InChI=1S/C21H24FN3/c1-15-6-12-18(13-7-15)23-21-24-19-4-2-3-5-20(19)25(21)14-16-8-10-17(22)11-9-16/h2-5,8-11,15,18H,6-7,12-14H2,1H3,(H,23,24). The maximum Gasteiger partial charge on any atom is 0.204 e. The second-order valence-electron chi connectivity index (χ2n) is 7.24. The summed E-state index contributed by atoms with van der Waals surface area (Å²) in [6.45, 7) is 3.02. The molecule has 0 bridgehead atoms. The van der Waals surface area contributed by atoms with Crippen molar-refractivity contribution in [1.82, 2.24) is 9.55 Å². The first-order valence-corrected chi connectivity index (χ1v) is 9.15. The van der Waals surface area contributed by atoms with Crippen LogP contribution >= 0.6 is 0 Å². The van der Waals surface area contributed by atoms with E-state index in [9.17, 15) is 4.39 Å². The smallest absolute Gasteiger partial charge is 0.204 e. The first-order chi connectivity index (χ1) is 12.2. The van der Waals surface area contributed by atoms with Crippen LogP contribution in [0.3, 0.4) is 0 Å². The van der Waals surface area contributed by atoms with Gasteiger partial charge in [-0.1, -0.05) is 31.2 Å². The first-order valence-electron chi connectivity index (χ1n) is 9.15. The Morgan fingerprint density at radius 1 is 1.04 bits per heavy atom. The van der Waals surface area contributed by atoms with Crippen molar-refractivity contribution in [2.24, 2.45) is 5.92 Å². The maximum atomic E-state index is 13.2. The van der Waals surface area contributed by atoms with Gasteiger partial charge in [-0.2, -0.15) is 0 Å². The van der Waals surface area contributed by atoms with E-state index < -0.39 is 0 Å². The normalized spacial score (nSPS) is 20.7. The molecule has 1 aliphatic carbocycles. The van der Waals surface area contributed by atoms with Gasteiger partial charge >= 0.3 is 0 Å². The Morgan fingerprint density at radius 3 is 2.52 bits per heavy atom. The summed E-state index contributed by atoms with van der Waals surface area (Å²) in [5, 5.41) is 3.67. The lowest BCUT2D eigenvalue weighted by molar-refractivity contribution is 0.360. The average Bonchev–Trinajstić information content (AvgIpc) is 2.96. The van der Waals surface area contributed by atoms with Gasteiger partial charge in [-0.05, 0) is 61.4 Å². The summed E-state index contributed by atoms with van der Waals surface area (Å²) in [4.78, 5) is 4.82. The number of rotatable bonds is 4. The quantitative estimate of drug-likeness (QED) is 0.708. The number of halogens is 1. The minimum Gasteiger partial charge on any atom is -0.353 e. The highest BCUT2D eigenvalue weighted by Gasteiger charge is 2.20. The van der Waals surface area contributed by atoms with E-state index in [-0.39, 0.29) is 5.82 Å². The molecule has 0 amide bonds. The van der Waals surface area contributed by atoms with Crippen LogP contribution in [-0.2, 0) is 6.54 Å². The predicted octanol–water partition coefficient (Wildman–Crippen LogP) is 5.21. The molecule has 0 saturated heterocycles. The molecule has 3 aromatic rings. The number of anilines is 1. The van der Waals surface area contributed by atoms with Crippen molar-refractivity contribution in [3.05, 3.63) is 59.9 Å². The van der Waals surface area contributed by atoms with Gasteiger partial charge in [0.2, 0.25) is 5.95 Å². The van der Waals surface area contributed by atoms with Gasteiger partial charge in [0.25, 0.3) is 0 Å². The molecule has 0 atom stereocenters. The van der Waals surface area contributed by atoms with Crippen molar-refractivity contribution in [1.29, 1.82) is 0 Å². The van der Waals surface area contributed by atoms with Gasteiger partial charge in [0.1, 0.15) is 5.82 Å². The van der Waals surface area contributed by atoms with Crippen molar-refractivity contribution in [3.63, 3.8) is 0 Å². The molecule has 1 heterocycles. The molecular formula is C21H24FN3. The molecular weight excluding hydrogens is 313 g/mol. The number of aromatic nitrogens is 2. The molecule has 3 nitrogen and oxygen atoms in total. The van der Waals surface area contributed by atoms with Crippen molar-refractivity contribution in [2.45, 2.75) is 45.2 Å². The van der Waals surface area contributed by atoms with Crippen LogP contribution in [0.4, 0.5) is 10.3 Å². The van der Waals surface area contributed by atoms with Gasteiger partial charge in [0.15, 0.2) is 0 Å². The highest BCUT2D eigenvalue weighted by atomic mass is 19.1. The molecule has 2 aromatic carbocycles. The Morgan fingerprint density at radius 2 is 1.76 bits per heavy atom. The Hall–Kier alpha value is -2.36. The zero-order valence-electron chi connectivity index (χ0n) is 14.6. The number of benzene rings is 2. The number of fused-ring (bicyclic) bond motifs is 1. The molecule has 1 N–H and O–H groups in total. The second-order valence-corrected chi connectivity index (χ2v) is 7.24. The SMILES string of the molecule is CC1CCC(Nc2nc3ccccc3n2Cc2ccc(F)cc2)CC1. The Bertz CT molecular complexity index is 845. The number of hydrogen-bond donors (Lipinski definition) is 1. The number of para-hydroxylation sites is 2. The van der Waals surface area contributed by atoms with Gasteiger partial charge in [-0.25, -0.2) is 9.37 Å². The fourth-order valence-electron chi connectivity index (χ4n) is 3.71. The van der Waals surface area contributed by atoms with E-state index in [4.69, 9.17) is 4.98 Å². The van der Waals surface area contributed by atoms with Gasteiger partial charge in [-0.15, -0.1) is 0 Å². The molecule has 4 rings (SSSR count). The maximum absolute atomic E-state index is 13.2. The summed E-state index contributed by atoms with van der Waals surface area (Å²) < 4.78 is 15.4. The van der Waals surface area contributed by atoms with Crippen LogP contribution in [0.15, 0.2) is 48.5 Å². The van der Waals surface area contributed by atoms with Crippen LogP contribution in [0.2, 0.25) is 0 Å². The molecule has 4 heteroatoms. The molecule has 1 aliphatic rings. The van der Waals surface area contributed by atoms with E-state index in [0.717, 1.165) is 28.5 Å². The van der Waals surface area contributed by atoms with Gasteiger partial charge in [0, 0.05) is 6.04 Å². The third-order valence-electron chi connectivity index (χ3n) is 5.26. The summed E-state index contributed by atoms with van der Waals surface area (Å²) in [5.74, 6) is 1.55. The topological polar surface area (TPSA) is 29.9 Å². The lowest BCUT2D eigenvalue weighted by Gasteiger charge is -2.27. The molecule has 1 aromatic heterocycles. The Balaban J connectivity index is 1.64. The summed E-state index contributed by atoms with van der Waals surface area (Å²) in [7, 11) is 0. The predicted molar refractivity (Wildman–Crippen MR) is 100 cm³/mol. The van der Waals surface area contributed by atoms with E-state index in [2.05, 4.69) is 22.9 Å². The van der Waals surface area contributed by atoms with E-state index in [1.165, 1.54) is 37.8 Å². The number of imidazole rings is 1. The third kappa shape index (κ3) is 3.53. The largest absolute Gasteiger partial charge is 0.353 e. The van der Waals surface area contributed by atoms with Crippen molar-refractivity contribution < 1.29 is 4.39 Å². The van der Waals surface area contributed by atoms with Crippen LogP contribution < -0.4 is 5.32 Å². The number of hydrogen-bond acceptors (Lipinski definition) is 2. The first kappa shape index (κ1) is 16.1. The van der Waals surface area contributed by atoms with Gasteiger partial charge in [-0.3, -0.25) is 0 Å². The second kappa shape index (κ2) is 6.87. The summed E-state index contributed by atoms with van der Waals surface area (Å²) in [6.07, 6.45) is 4.94. The van der Waals surface area contributed by atoms with Crippen LogP contribution in [0.25, 0.3) is 11.0 Å².